The molecule has 180 valence electrons. The van der Waals surface area contributed by atoms with Gasteiger partial charge in [-0.3, -0.25) is 32.9 Å². The normalized spacial score (nSPS) is 38.2. The van der Waals surface area contributed by atoms with Crippen LogP contribution >= 0.6 is 7.82 Å². The first-order valence-corrected chi connectivity index (χ1v) is 11.6. The quantitative estimate of drug-likeness (QED) is 0.325. The molecule has 0 unspecified atom stereocenters. The highest BCUT2D eigenvalue weighted by Crippen LogP contribution is 2.61. The molecule has 1 N–H and O–H groups in total. The topological polar surface area (TPSA) is 138 Å². The SMILES string of the molecule is CC(C)OC(=O)[C@H](C)CCO[P@@]1(=O)OC[C@@]2(F)O[C@@H](N3C=CC(=O)CC3=O)[C@](C)(O)[C@@H]2O1. The Kier molecular flexibility index (Phi) is 6.95. The lowest BCUT2D eigenvalue weighted by atomic mass is 9.94. The number of hydrogen-bond donors (Lipinski definition) is 1. The van der Waals surface area contributed by atoms with Crippen LogP contribution in [0.5, 0.6) is 0 Å². The fraction of sp³-hybridized carbons (Fsp3) is 0.737. The maximum atomic E-state index is 15.4. The summed E-state index contributed by atoms with van der Waals surface area (Å²) >= 11 is 0. The highest BCUT2D eigenvalue weighted by Gasteiger charge is 2.70. The minimum absolute atomic E-state index is 0.129. The van der Waals surface area contributed by atoms with Crippen LogP contribution in [0.4, 0.5) is 4.39 Å². The molecule has 3 rings (SSSR count). The Morgan fingerprint density at radius 2 is 2.09 bits per heavy atom. The first kappa shape index (κ1) is 24.9. The van der Waals surface area contributed by atoms with Crippen LogP contribution in [-0.2, 0) is 42.0 Å². The molecule has 0 aromatic carbocycles. The zero-order chi connectivity index (χ0) is 23.9. The lowest BCUT2D eigenvalue weighted by Gasteiger charge is -2.38. The average molecular weight is 479 g/mol. The van der Waals surface area contributed by atoms with E-state index in [1.165, 1.54) is 0 Å². The van der Waals surface area contributed by atoms with Crippen LogP contribution in [0.15, 0.2) is 12.3 Å². The first-order valence-electron chi connectivity index (χ1n) is 10.2. The van der Waals surface area contributed by atoms with Gasteiger partial charge in [0.1, 0.15) is 12.2 Å². The molecule has 3 aliphatic heterocycles. The molecule has 3 heterocycles. The number of allylic oxidation sites excluding steroid dienone is 1. The van der Waals surface area contributed by atoms with Crippen LogP contribution in [0, 0.1) is 5.92 Å². The van der Waals surface area contributed by atoms with Crippen molar-refractivity contribution in [1.29, 1.82) is 0 Å². The van der Waals surface area contributed by atoms with Crippen molar-refractivity contribution < 1.29 is 51.5 Å². The monoisotopic (exact) mass is 479 g/mol. The Hall–Kier alpha value is -1.69. The molecule has 0 aromatic rings. The fourth-order valence-corrected chi connectivity index (χ4v) is 5.01. The van der Waals surface area contributed by atoms with Gasteiger partial charge in [0.25, 0.3) is 5.85 Å². The van der Waals surface area contributed by atoms with Gasteiger partial charge in [0.2, 0.25) is 5.91 Å². The summed E-state index contributed by atoms with van der Waals surface area (Å²) < 4.78 is 54.0. The second kappa shape index (κ2) is 8.92. The van der Waals surface area contributed by atoms with Crippen LogP contribution in [0.1, 0.15) is 40.5 Å². The van der Waals surface area contributed by atoms with E-state index in [1.807, 2.05) is 0 Å². The Balaban J connectivity index is 1.66. The maximum Gasteiger partial charge on any atom is 0.475 e. The van der Waals surface area contributed by atoms with E-state index in [9.17, 15) is 24.1 Å². The minimum Gasteiger partial charge on any atom is -0.463 e. The van der Waals surface area contributed by atoms with Crippen molar-refractivity contribution in [2.24, 2.45) is 5.92 Å². The third-order valence-electron chi connectivity index (χ3n) is 5.23. The van der Waals surface area contributed by atoms with E-state index >= 15 is 4.39 Å². The van der Waals surface area contributed by atoms with Crippen molar-refractivity contribution >= 4 is 25.5 Å². The van der Waals surface area contributed by atoms with Crippen molar-refractivity contribution in [3.05, 3.63) is 12.3 Å². The zero-order valence-corrected chi connectivity index (χ0v) is 19.1. The van der Waals surface area contributed by atoms with Crippen molar-refractivity contribution in [1.82, 2.24) is 4.90 Å². The molecule has 6 atom stereocenters. The van der Waals surface area contributed by atoms with E-state index in [4.69, 9.17) is 23.0 Å². The molecule has 1 amide bonds. The van der Waals surface area contributed by atoms with Gasteiger partial charge in [0, 0.05) is 6.20 Å². The number of phosphoric acid groups is 1. The van der Waals surface area contributed by atoms with Crippen LogP contribution in [0.25, 0.3) is 0 Å². The molecular formula is C19H27FNO10P. The standard InChI is InChI=1S/C19H27FNO10P/c1-11(2)29-15(24)12(3)6-8-27-32(26)28-10-19(20)16(31-32)18(4,25)17(30-19)21-7-5-13(22)9-14(21)23/h5,7,11-12,16-17,25H,6,8-10H2,1-4H3/t12-,16+,17-,18-,19-,32+/m1/s1. The average Bonchev–Trinajstić information content (AvgIpc) is 2.88. The van der Waals surface area contributed by atoms with Crippen LogP contribution in [-0.4, -0.2) is 70.8 Å². The molecule has 11 nitrogen and oxygen atoms in total. The minimum atomic E-state index is -4.32. The van der Waals surface area contributed by atoms with E-state index in [0.29, 0.717) is 0 Å². The third-order valence-corrected chi connectivity index (χ3v) is 6.64. The molecular weight excluding hydrogens is 452 g/mol. The highest BCUT2D eigenvalue weighted by molar-refractivity contribution is 7.48. The van der Waals surface area contributed by atoms with Crippen molar-refractivity contribution in [3.63, 3.8) is 0 Å². The van der Waals surface area contributed by atoms with Gasteiger partial charge in [-0.2, -0.15) is 0 Å². The van der Waals surface area contributed by atoms with Crippen LogP contribution in [0.2, 0.25) is 0 Å². The first-order chi connectivity index (χ1) is 14.8. The smallest absolute Gasteiger partial charge is 0.463 e. The van der Waals surface area contributed by atoms with E-state index in [1.54, 1.807) is 20.8 Å². The fourth-order valence-electron chi connectivity index (χ4n) is 3.52. The van der Waals surface area contributed by atoms with E-state index in [2.05, 4.69) is 0 Å². The molecule has 2 saturated heterocycles. The molecule has 0 spiro atoms. The molecule has 3 aliphatic rings. The van der Waals surface area contributed by atoms with Gasteiger partial charge in [0.15, 0.2) is 18.1 Å². The van der Waals surface area contributed by atoms with Gasteiger partial charge in [-0.05, 0) is 33.3 Å². The molecule has 13 heteroatoms. The summed E-state index contributed by atoms with van der Waals surface area (Å²) in [7, 11) is -4.32. The summed E-state index contributed by atoms with van der Waals surface area (Å²) in [4.78, 5) is 36.3. The summed E-state index contributed by atoms with van der Waals surface area (Å²) in [6, 6.07) is 0. The number of nitrogens with zero attached hydrogens (tertiary/aromatic N) is 1. The molecule has 0 bridgehead atoms. The number of phosphoric ester groups is 1. The third kappa shape index (κ3) is 4.95. The second-order valence-corrected chi connectivity index (χ2v) is 10.1. The molecule has 0 radical (unpaired) electrons. The predicted molar refractivity (Wildman–Crippen MR) is 104 cm³/mol. The molecule has 32 heavy (non-hydrogen) atoms. The van der Waals surface area contributed by atoms with Gasteiger partial charge in [-0.25, -0.2) is 8.96 Å². The van der Waals surface area contributed by atoms with Gasteiger partial charge in [-0.1, -0.05) is 6.92 Å². The Labute approximate surface area is 184 Å². The molecule has 0 aromatic heterocycles. The number of fused-ring (bicyclic) bond motifs is 1. The summed E-state index contributed by atoms with van der Waals surface area (Å²) in [5.41, 5.74) is -2.16. The molecule has 0 saturated carbocycles. The molecule has 0 aliphatic carbocycles. The van der Waals surface area contributed by atoms with E-state index < -0.39 is 68.2 Å². The van der Waals surface area contributed by atoms with Gasteiger partial charge >= 0.3 is 13.8 Å². The van der Waals surface area contributed by atoms with Crippen LogP contribution in [0.3, 0.4) is 0 Å². The number of aliphatic hydroxyl groups is 1. The molecule has 2 fully saturated rings. The number of alkyl halides is 1. The lowest BCUT2D eigenvalue weighted by Crippen LogP contribution is -2.56. The Morgan fingerprint density at radius 3 is 2.72 bits per heavy atom. The highest BCUT2D eigenvalue weighted by atomic mass is 31.2. The summed E-state index contributed by atoms with van der Waals surface area (Å²) in [5, 5.41) is 11.0. The van der Waals surface area contributed by atoms with E-state index in [0.717, 1.165) is 24.1 Å². The number of halogens is 1. The van der Waals surface area contributed by atoms with Gasteiger partial charge in [-0.15, -0.1) is 0 Å². The number of amides is 1. The largest absolute Gasteiger partial charge is 0.475 e. The van der Waals surface area contributed by atoms with Gasteiger partial charge in [0.05, 0.1) is 25.0 Å². The maximum absolute atomic E-state index is 15.4. The zero-order valence-electron chi connectivity index (χ0n) is 18.2. The summed E-state index contributed by atoms with van der Waals surface area (Å²) in [6.07, 6.45) is -1.81. The number of carbonyl (C=O) groups excluding carboxylic acids is 3. The number of carbonyl (C=O) groups is 3. The number of esters is 1. The lowest BCUT2D eigenvalue weighted by molar-refractivity contribution is -0.224. The van der Waals surface area contributed by atoms with Crippen LogP contribution < -0.4 is 0 Å². The summed E-state index contributed by atoms with van der Waals surface area (Å²) in [6.45, 7) is 5.06. The number of hydrogen-bond acceptors (Lipinski definition) is 10. The second-order valence-electron chi connectivity index (χ2n) is 8.46. The van der Waals surface area contributed by atoms with Crippen molar-refractivity contribution in [2.75, 3.05) is 13.2 Å². The van der Waals surface area contributed by atoms with Crippen molar-refractivity contribution in [3.8, 4) is 0 Å². The number of ether oxygens (including phenoxy) is 2. The van der Waals surface area contributed by atoms with Crippen molar-refractivity contribution in [2.45, 2.75) is 70.4 Å². The van der Waals surface area contributed by atoms with Gasteiger partial charge < -0.3 is 14.6 Å². The number of ketones is 1. The predicted octanol–water partition coefficient (Wildman–Crippen LogP) is 1.59. The Bertz CT molecular complexity index is 861. The van der Waals surface area contributed by atoms with E-state index in [-0.39, 0.29) is 19.1 Å². The summed E-state index contributed by atoms with van der Waals surface area (Å²) in [5.74, 6) is -4.89. The Morgan fingerprint density at radius 1 is 1.41 bits per heavy atom. The number of rotatable bonds is 7.